The normalized spacial score (nSPS) is 11.0. The summed E-state index contributed by atoms with van der Waals surface area (Å²) < 4.78 is 1.92. The number of rotatable bonds is 4. The Balaban J connectivity index is 1.81. The molecule has 0 atom stereocenters. The van der Waals surface area contributed by atoms with Crippen LogP contribution in [0.4, 0.5) is 5.82 Å². The molecule has 3 heterocycles. The molecule has 0 spiro atoms. The summed E-state index contributed by atoms with van der Waals surface area (Å²) in [4.78, 5) is 9.91. The molecule has 0 bridgehead atoms. The van der Waals surface area contributed by atoms with Crippen molar-refractivity contribution in [3.05, 3.63) is 59.2 Å². The molecule has 0 saturated carbocycles. The number of anilines is 1. The molecule has 4 aromatic rings. The van der Waals surface area contributed by atoms with E-state index in [9.17, 15) is 10.2 Å². The fraction of sp³-hybridized carbons (Fsp3) is 0.0588. The molecule has 0 aliphatic heterocycles. The van der Waals surface area contributed by atoms with Crippen LogP contribution in [0.1, 0.15) is 4.88 Å². The quantitative estimate of drug-likeness (QED) is 0.496. The second kappa shape index (κ2) is 5.86. The van der Waals surface area contributed by atoms with Crippen LogP contribution < -0.4 is 5.32 Å². The molecule has 1 aromatic carbocycles. The summed E-state index contributed by atoms with van der Waals surface area (Å²) in [7, 11) is 0. The van der Waals surface area contributed by atoms with E-state index in [1.807, 2.05) is 22.0 Å². The van der Waals surface area contributed by atoms with Gasteiger partial charge in [-0.25, -0.2) is 4.98 Å². The molecule has 24 heavy (non-hydrogen) atoms. The Labute approximate surface area is 141 Å². The van der Waals surface area contributed by atoms with Crippen LogP contribution >= 0.6 is 11.3 Å². The maximum Gasteiger partial charge on any atom is 0.158 e. The number of hydrogen-bond acceptors (Lipinski definition) is 6. The summed E-state index contributed by atoms with van der Waals surface area (Å²) in [6.07, 6.45) is 5.21. The first-order valence-electron chi connectivity index (χ1n) is 7.33. The van der Waals surface area contributed by atoms with Gasteiger partial charge >= 0.3 is 0 Å². The minimum absolute atomic E-state index is 0.155. The molecule has 0 aliphatic carbocycles. The Kier molecular flexibility index (Phi) is 3.55. The Bertz CT molecular complexity index is 995. The SMILES string of the molecule is Oc1ccc(-c2nc3cnccn3c2NCc2cccs2)cc1O. The van der Waals surface area contributed by atoms with Crippen LogP contribution in [0.3, 0.4) is 0 Å². The van der Waals surface area contributed by atoms with Crippen LogP contribution in [0.15, 0.2) is 54.3 Å². The molecule has 7 heteroatoms. The molecule has 6 nitrogen and oxygen atoms in total. The van der Waals surface area contributed by atoms with E-state index < -0.39 is 0 Å². The maximum atomic E-state index is 9.79. The number of nitrogens with zero attached hydrogens (tertiary/aromatic N) is 3. The summed E-state index contributed by atoms with van der Waals surface area (Å²) in [6.45, 7) is 0.671. The lowest BCUT2D eigenvalue weighted by atomic mass is 10.1. The number of thiophene rings is 1. The number of aromatic hydroxyl groups is 2. The number of imidazole rings is 1. The second-order valence-corrected chi connectivity index (χ2v) is 6.28. The summed E-state index contributed by atoms with van der Waals surface area (Å²) in [6, 6.07) is 8.75. The molecule has 3 N–H and O–H groups in total. The minimum Gasteiger partial charge on any atom is -0.504 e. The van der Waals surface area contributed by atoms with Crippen molar-refractivity contribution in [1.29, 1.82) is 0 Å². The van der Waals surface area contributed by atoms with Gasteiger partial charge in [-0.15, -0.1) is 11.3 Å². The Morgan fingerprint density at radius 1 is 1.17 bits per heavy atom. The first-order chi connectivity index (χ1) is 11.7. The van der Waals surface area contributed by atoms with Gasteiger partial charge in [-0.1, -0.05) is 6.07 Å². The van der Waals surface area contributed by atoms with Gasteiger partial charge < -0.3 is 15.5 Å². The average Bonchev–Trinajstić information content (AvgIpc) is 3.23. The standard InChI is InChI=1S/C17H14N4O2S/c22-13-4-3-11(8-14(13)23)16-17(19-9-12-2-1-7-24-12)21-6-5-18-10-15(21)20-16/h1-8,10,19,22-23H,9H2. The molecule has 0 unspecified atom stereocenters. The number of benzene rings is 1. The fourth-order valence-corrected chi connectivity index (χ4v) is 3.18. The molecular formula is C17H14N4O2S. The van der Waals surface area contributed by atoms with Crippen LogP contribution in [0, 0.1) is 0 Å². The van der Waals surface area contributed by atoms with Gasteiger partial charge in [-0.2, -0.15) is 0 Å². The third-order valence-corrected chi connectivity index (χ3v) is 4.57. The van der Waals surface area contributed by atoms with Gasteiger partial charge in [0.25, 0.3) is 0 Å². The van der Waals surface area contributed by atoms with Gasteiger partial charge in [0, 0.05) is 22.8 Å². The van der Waals surface area contributed by atoms with Crippen LogP contribution in [0.25, 0.3) is 16.9 Å². The molecule has 0 aliphatic rings. The van der Waals surface area contributed by atoms with Crippen LogP contribution in [-0.4, -0.2) is 24.6 Å². The van der Waals surface area contributed by atoms with Crippen molar-refractivity contribution in [2.45, 2.75) is 6.54 Å². The smallest absolute Gasteiger partial charge is 0.158 e. The minimum atomic E-state index is -0.174. The zero-order valence-electron chi connectivity index (χ0n) is 12.5. The third kappa shape index (κ3) is 2.55. The van der Waals surface area contributed by atoms with Crippen molar-refractivity contribution >= 4 is 22.8 Å². The van der Waals surface area contributed by atoms with Crippen molar-refractivity contribution in [3.8, 4) is 22.8 Å². The number of phenols is 2. The van der Waals surface area contributed by atoms with Crippen molar-refractivity contribution in [1.82, 2.24) is 14.4 Å². The molecule has 0 amide bonds. The largest absolute Gasteiger partial charge is 0.504 e. The first-order valence-corrected chi connectivity index (χ1v) is 8.21. The van der Waals surface area contributed by atoms with Gasteiger partial charge in [0.1, 0.15) is 11.5 Å². The third-order valence-electron chi connectivity index (χ3n) is 3.69. The predicted octanol–water partition coefficient (Wildman–Crippen LogP) is 3.48. The maximum absolute atomic E-state index is 9.79. The number of hydrogen-bond donors (Lipinski definition) is 3. The van der Waals surface area contributed by atoms with E-state index in [-0.39, 0.29) is 11.5 Å². The average molecular weight is 338 g/mol. The van der Waals surface area contributed by atoms with E-state index in [4.69, 9.17) is 0 Å². The molecule has 0 radical (unpaired) electrons. The highest BCUT2D eigenvalue weighted by Crippen LogP contribution is 2.34. The Hall–Kier alpha value is -3.06. The van der Waals surface area contributed by atoms with Crippen molar-refractivity contribution in [3.63, 3.8) is 0 Å². The lowest BCUT2D eigenvalue weighted by molar-refractivity contribution is 0.404. The van der Waals surface area contributed by atoms with E-state index in [1.165, 1.54) is 17.0 Å². The summed E-state index contributed by atoms with van der Waals surface area (Å²) in [5.74, 6) is 0.482. The number of phenolic OH excluding ortho intramolecular Hbond substituents is 2. The molecule has 4 rings (SSSR count). The summed E-state index contributed by atoms with van der Waals surface area (Å²) in [5.41, 5.74) is 2.10. The molecule has 120 valence electrons. The van der Waals surface area contributed by atoms with E-state index >= 15 is 0 Å². The van der Waals surface area contributed by atoms with Crippen molar-refractivity contribution in [2.75, 3.05) is 5.32 Å². The van der Waals surface area contributed by atoms with E-state index in [0.29, 0.717) is 23.4 Å². The van der Waals surface area contributed by atoms with Gasteiger partial charge in [0.15, 0.2) is 17.1 Å². The predicted molar refractivity (Wildman–Crippen MR) is 93.4 cm³/mol. The Morgan fingerprint density at radius 2 is 2.08 bits per heavy atom. The van der Waals surface area contributed by atoms with E-state index in [1.54, 1.807) is 29.8 Å². The highest BCUT2D eigenvalue weighted by atomic mass is 32.1. The van der Waals surface area contributed by atoms with Gasteiger partial charge in [0.2, 0.25) is 0 Å². The monoisotopic (exact) mass is 338 g/mol. The lowest BCUT2D eigenvalue weighted by Crippen LogP contribution is -2.02. The molecule has 3 aromatic heterocycles. The highest BCUT2D eigenvalue weighted by Gasteiger charge is 2.15. The summed E-state index contributed by atoms with van der Waals surface area (Å²) >= 11 is 1.68. The highest BCUT2D eigenvalue weighted by molar-refractivity contribution is 7.09. The van der Waals surface area contributed by atoms with Gasteiger partial charge in [0.05, 0.1) is 12.7 Å². The van der Waals surface area contributed by atoms with E-state index in [2.05, 4.69) is 21.4 Å². The Morgan fingerprint density at radius 3 is 2.88 bits per heavy atom. The fourth-order valence-electron chi connectivity index (χ4n) is 2.53. The number of nitrogens with one attached hydrogen (secondary N) is 1. The summed E-state index contributed by atoms with van der Waals surface area (Å²) in [5, 5.41) is 24.8. The zero-order valence-corrected chi connectivity index (χ0v) is 13.4. The topological polar surface area (TPSA) is 82.7 Å². The van der Waals surface area contributed by atoms with E-state index in [0.717, 1.165) is 5.82 Å². The van der Waals surface area contributed by atoms with Gasteiger partial charge in [-0.05, 0) is 29.6 Å². The molecular weight excluding hydrogens is 324 g/mol. The molecule has 0 fully saturated rings. The number of aromatic nitrogens is 3. The van der Waals surface area contributed by atoms with Crippen molar-refractivity contribution < 1.29 is 10.2 Å². The first kappa shape index (κ1) is 14.5. The second-order valence-electron chi connectivity index (χ2n) is 5.25. The van der Waals surface area contributed by atoms with Crippen LogP contribution in [-0.2, 0) is 6.54 Å². The van der Waals surface area contributed by atoms with Gasteiger partial charge in [-0.3, -0.25) is 9.38 Å². The van der Waals surface area contributed by atoms with Crippen LogP contribution in [0.2, 0.25) is 0 Å². The van der Waals surface area contributed by atoms with Crippen LogP contribution in [0.5, 0.6) is 11.5 Å². The zero-order chi connectivity index (χ0) is 16.5. The lowest BCUT2D eigenvalue weighted by Gasteiger charge is -2.08. The van der Waals surface area contributed by atoms with Crippen molar-refractivity contribution in [2.24, 2.45) is 0 Å². The number of fused-ring (bicyclic) bond motifs is 1. The molecule has 0 saturated heterocycles.